The Bertz CT molecular complexity index is 704. The first-order chi connectivity index (χ1) is 10.1. The quantitative estimate of drug-likeness (QED) is 0.850. The number of halogens is 1. The zero-order valence-corrected chi connectivity index (χ0v) is 12.5. The molecule has 1 aliphatic heterocycles. The Morgan fingerprint density at radius 2 is 2.14 bits per heavy atom. The highest BCUT2D eigenvalue weighted by Crippen LogP contribution is 2.25. The monoisotopic (exact) mass is 329 g/mol. The standard InChI is InChI=1S/C12H12FN3O3S2/c13-9-6-14-12(15-7-9)19-10-3-4-16(8-10)21(17,18)11-2-1-5-20-11/h1-2,5-7,10H,3-4,8H2/t10-/m0/s1. The van der Waals surface area contributed by atoms with E-state index in [1.807, 2.05) is 0 Å². The lowest BCUT2D eigenvalue weighted by molar-refractivity contribution is 0.197. The fourth-order valence-electron chi connectivity index (χ4n) is 2.06. The zero-order chi connectivity index (χ0) is 14.9. The van der Waals surface area contributed by atoms with Gasteiger partial charge in [0.2, 0.25) is 0 Å². The zero-order valence-electron chi connectivity index (χ0n) is 10.8. The molecular weight excluding hydrogens is 317 g/mol. The van der Waals surface area contributed by atoms with Crippen LogP contribution in [0.15, 0.2) is 34.1 Å². The van der Waals surface area contributed by atoms with E-state index in [2.05, 4.69) is 9.97 Å². The Balaban J connectivity index is 1.67. The lowest BCUT2D eigenvalue weighted by Crippen LogP contribution is -2.30. The predicted octanol–water partition coefficient (Wildman–Crippen LogP) is 1.52. The summed E-state index contributed by atoms with van der Waals surface area (Å²) >= 11 is 1.19. The van der Waals surface area contributed by atoms with Crippen LogP contribution in [0.1, 0.15) is 6.42 Å². The van der Waals surface area contributed by atoms with Gasteiger partial charge in [0.1, 0.15) is 10.3 Å². The molecule has 2 aromatic rings. The van der Waals surface area contributed by atoms with Crippen molar-refractivity contribution in [2.24, 2.45) is 0 Å². The van der Waals surface area contributed by atoms with Crippen molar-refractivity contribution in [1.29, 1.82) is 0 Å². The first kappa shape index (κ1) is 14.4. The molecule has 0 N–H and O–H groups in total. The molecule has 2 aromatic heterocycles. The Morgan fingerprint density at radius 1 is 1.38 bits per heavy atom. The van der Waals surface area contributed by atoms with E-state index in [1.165, 1.54) is 15.6 Å². The average Bonchev–Trinajstić information content (AvgIpc) is 3.12. The summed E-state index contributed by atoms with van der Waals surface area (Å²) in [5.74, 6) is -0.546. The maximum atomic E-state index is 12.7. The SMILES string of the molecule is O=S(=O)(c1cccs1)N1CC[C@H](Oc2ncc(F)cn2)C1. The largest absolute Gasteiger partial charge is 0.459 e. The lowest BCUT2D eigenvalue weighted by Gasteiger charge is -2.15. The van der Waals surface area contributed by atoms with Crippen LogP contribution in [0.25, 0.3) is 0 Å². The highest BCUT2D eigenvalue weighted by Gasteiger charge is 2.34. The molecule has 0 spiro atoms. The van der Waals surface area contributed by atoms with Gasteiger partial charge in [0.25, 0.3) is 10.0 Å². The molecule has 0 aromatic carbocycles. The summed E-state index contributed by atoms with van der Waals surface area (Å²) in [7, 11) is -3.46. The molecule has 0 unspecified atom stereocenters. The Morgan fingerprint density at radius 3 is 2.81 bits per heavy atom. The number of hydrogen-bond acceptors (Lipinski definition) is 6. The van der Waals surface area contributed by atoms with E-state index in [-0.39, 0.29) is 18.7 Å². The molecule has 9 heteroatoms. The van der Waals surface area contributed by atoms with Gasteiger partial charge in [-0.25, -0.2) is 22.8 Å². The summed E-state index contributed by atoms with van der Waals surface area (Å²) in [6.45, 7) is 0.618. The number of hydrogen-bond donors (Lipinski definition) is 0. The van der Waals surface area contributed by atoms with Gasteiger partial charge in [0, 0.05) is 6.54 Å². The van der Waals surface area contributed by atoms with Gasteiger partial charge in [-0.1, -0.05) is 6.07 Å². The van der Waals surface area contributed by atoms with Crippen LogP contribution >= 0.6 is 11.3 Å². The molecule has 0 bridgehead atoms. The van der Waals surface area contributed by atoms with Crippen molar-refractivity contribution in [3.05, 3.63) is 35.7 Å². The Labute approximate surface area is 125 Å². The minimum Gasteiger partial charge on any atom is -0.459 e. The van der Waals surface area contributed by atoms with Gasteiger partial charge in [0.05, 0.1) is 18.9 Å². The molecule has 1 fully saturated rings. The summed E-state index contributed by atoms with van der Waals surface area (Å²) in [5, 5.41) is 1.73. The fraction of sp³-hybridized carbons (Fsp3) is 0.333. The van der Waals surface area contributed by atoms with Gasteiger partial charge in [-0.2, -0.15) is 4.31 Å². The molecule has 1 atom stereocenters. The Hall–Kier alpha value is -1.58. The molecule has 0 saturated carbocycles. The molecule has 112 valence electrons. The van der Waals surface area contributed by atoms with E-state index in [0.717, 1.165) is 12.4 Å². The number of thiophene rings is 1. The van der Waals surface area contributed by atoms with Crippen LogP contribution in [-0.2, 0) is 10.0 Å². The molecule has 1 saturated heterocycles. The summed E-state index contributed by atoms with van der Waals surface area (Å²) in [5.41, 5.74) is 0. The van der Waals surface area contributed by atoms with Crippen molar-refractivity contribution in [3.8, 4) is 6.01 Å². The predicted molar refractivity (Wildman–Crippen MR) is 74.1 cm³/mol. The number of aromatic nitrogens is 2. The van der Waals surface area contributed by atoms with E-state index >= 15 is 0 Å². The van der Waals surface area contributed by atoms with E-state index in [1.54, 1.807) is 17.5 Å². The van der Waals surface area contributed by atoms with Crippen LogP contribution in [0, 0.1) is 5.82 Å². The summed E-state index contributed by atoms with van der Waals surface area (Å²) in [6, 6.07) is 3.34. The second-order valence-corrected chi connectivity index (χ2v) is 7.62. The topological polar surface area (TPSA) is 72.4 Å². The van der Waals surface area contributed by atoms with Crippen molar-refractivity contribution in [1.82, 2.24) is 14.3 Å². The van der Waals surface area contributed by atoms with Crippen LogP contribution < -0.4 is 4.74 Å². The number of ether oxygens (including phenoxy) is 1. The molecule has 0 aliphatic carbocycles. The van der Waals surface area contributed by atoms with E-state index in [0.29, 0.717) is 17.2 Å². The molecule has 0 amide bonds. The van der Waals surface area contributed by atoms with Crippen LogP contribution in [0.3, 0.4) is 0 Å². The lowest BCUT2D eigenvalue weighted by atomic mass is 10.3. The average molecular weight is 329 g/mol. The minimum atomic E-state index is -3.46. The first-order valence-corrected chi connectivity index (χ1v) is 8.55. The molecule has 3 heterocycles. The highest BCUT2D eigenvalue weighted by atomic mass is 32.2. The van der Waals surface area contributed by atoms with Gasteiger partial charge < -0.3 is 4.74 Å². The van der Waals surface area contributed by atoms with Gasteiger partial charge in [-0.05, 0) is 17.9 Å². The maximum absolute atomic E-state index is 12.7. The molecule has 21 heavy (non-hydrogen) atoms. The number of nitrogens with zero attached hydrogens (tertiary/aromatic N) is 3. The summed E-state index contributed by atoms with van der Waals surface area (Å²) in [4.78, 5) is 7.41. The summed E-state index contributed by atoms with van der Waals surface area (Å²) in [6.07, 6.45) is 2.24. The van der Waals surface area contributed by atoms with E-state index in [4.69, 9.17) is 4.74 Å². The third kappa shape index (κ3) is 3.04. The third-order valence-corrected chi connectivity index (χ3v) is 6.30. The van der Waals surface area contributed by atoms with Gasteiger partial charge in [-0.15, -0.1) is 11.3 Å². The van der Waals surface area contributed by atoms with Gasteiger partial charge in [-0.3, -0.25) is 0 Å². The summed E-state index contributed by atoms with van der Waals surface area (Å²) < 4.78 is 44.6. The molecule has 3 rings (SSSR count). The first-order valence-electron chi connectivity index (χ1n) is 6.23. The Kier molecular flexibility index (Phi) is 3.87. The van der Waals surface area contributed by atoms with Crippen molar-refractivity contribution in [2.45, 2.75) is 16.7 Å². The maximum Gasteiger partial charge on any atom is 0.316 e. The van der Waals surface area contributed by atoms with Gasteiger partial charge >= 0.3 is 6.01 Å². The fourth-order valence-corrected chi connectivity index (χ4v) is 4.69. The van der Waals surface area contributed by atoms with Crippen molar-refractivity contribution in [2.75, 3.05) is 13.1 Å². The van der Waals surface area contributed by atoms with Gasteiger partial charge in [0.15, 0.2) is 5.82 Å². The van der Waals surface area contributed by atoms with Crippen molar-refractivity contribution < 1.29 is 17.5 Å². The normalized spacial score (nSPS) is 19.8. The smallest absolute Gasteiger partial charge is 0.316 e. The second-order valence-electron chi connectivity index (χ2n) is 4.51. The number of sulfonamides is 1. The van der Waals surface area contributed by atoms with Crippen LogP contribution in [-0.4, -0.2) is 41.9 Å². The van der Waals surface area contributed by atoms with Crippen LogP contribution in [0.2, 0.25) is 0 Å². The molecule has 6 nitrogen and oxygen atoms in total. The van der Waals surface area contributed by atoms with Crippen LogP contribution in [0.4, 0.5) is 4.39 Å². The third-order valence-electron chi connectivity index (χ3n) is 3.07. The second kappa shape index (κ2) is 5.66. The molecule has 1 aliphatic rings. The molecular formula is C12H12FN3O3S2. The van der Waals surface area contributed by atoms with Crippen molar-refractivity contribution in [3.63, 3.8) is 0 Å². The van der Waals surface area contributed by atoms with E-state index < -0.39 is 15.8 Å². The van der Waals surface area contributed by atoms with Crippen LogP contribution in [0.5, 0.6) is 6.01 Å². The highest BCUT2D eigenvalue weighted by molar-refractivity contribution is 7.91. The minimum absolute atomic E-state index is 0.0526. The van der Waals surface area contributed by atoms with Crippen molar-refractivity contribution >= 4 is 21.4 Å². The number of rotatable bonds is 4. The molecule has 0 radical (unpaired) electrons. The van der Waals surface area contributed by atoms with E-state index in [9.17, 15) is 12.8 Å².